The highest BCUT2D eigenvalue weighted by atomic mass is 35.5. The zero-order chi connectivity index (χ0) is 21.7. The van der Waals surface area contributed by atoms with Gasteiger partial charge < -0.3 is 25.7 Å². The van der Waals surface area contributed by atoms with Crippen molar-refractivity contribution in [3.63, 3.8) is 0 Å². The number of oxazole rings is 1. The lowest BCUT2D eigenvalue weighted by Gasteiger charge is -2.35. The van der Waals surface area contributed by atoms with Gasteiger partial charge in [-0.25, -0.2) is 8.42 Å². The predicted octanol–water partition coefficient (Wildman–Crippen LogP) is 1.22. The van der Waals surface area contributed by atoms with Gasteiger partial charge in [0.1, 0.15) is 6.26 Å². The largest absolute Gasteiger partial charge is 0.431 e. The zero-order valence-corrected chi connectivity index (χ0v) is 18.2. The molecule has 1 aliphatic rings. The Bertz CT molecular complexity index is 988. The summed E-state index contributed by atoms with van der Waals surface area (Å²) in [6.07, 6.45) is 1.16. The van der Waals surface area contributed by atoms with E-state index in [0.717, 1.165) is 18.5 Å². The van der Waals surface area contributed by atoms with Crippen LogP contribution >= 0.6 is 11.6 Å². The van der Waals surface area contributed by atoms with Crippen LogP contribution in [-0.2, 0) is 10.0 Å². The molecule has 2 heterocycles. The second kappa shape index (κ2) is 9.65. The molecule has 0 spiro atoms. The van der Waals surface area contributed by atoms with Gasteiger partial charge in [0.05, 0.1) is 16.5 Å². The highest BCUT2D eigenvalue weighted by Gasteiger charge is 2.27. The van der Waals surface area contributed by atoms with Crippen LogP contribution in [-0.4, -0.2) is 68.6 Å². The number of amides is 1. The van der Waals surface area contributed by atoms with Gasteiger partial charge in [0.2, 0.25) is 10.0 Å². The van der Waals surface area contributed by atoms with Crippen LogP contribution in [0.1, 0.15) is 17.4 Å². The van der Waals surface area contributed by atoms with Crippen LogP contribution in [0.2, 0.25) is 5.02 Å². The topological polar surface area (TPSA) is 134 Å². The van der Waals surface area contributed by atoms with Crippen LogP contribution in [0, 0.1) is 0 Å². The molecular weight excluding hydrogens is 432 g/mol. The molecule has 1 aliphatic heterocycles. The molecule has 30 heavy (non-hydrogen) atoms. The van der Waals surface area contributed by atoms with Gasteiger partial charge in [0, 0.05) is 38.4 Å². The lowest BCUT2D eigenvalue weighted by molar-refractivity contribution is 0.102. The van der Waals surface area contributed by atoms with Crippen molar-refractivity contribution in [1.29, 1.82) is 0 Å². The van der Waals surface area contributed by atoms with Crippen LogP contribution in [0.5, 0.6) is 0 Å². The Morgan fingerprint density at radius 3 is 2.67 bits per heavy atom. The Hall–Kier alpha value is -2.34. The first-order chi connectivity index (χ1) is 14.3. The maximum atomic E-state index is 12.4. The first-order valence-corrected chi connectivity index (χ1v) is 11.5. The summed E-state index contributed by atoms with van der Waals surface area (Å²) >= 11 is 6.22. The van der Waals surface area contributed by atoms with E-state index in [0.29, 0.717) is 43.4 Å². The van der Waals surface area contributed by atoms with E-state index >= 15 is 0 Å². The monoisotopic (exact) mass is 456 g/mol. The van der Waals surface area contributed by atoms with Crippen molar-refractivity contribution in [1.82, 2.24) is 14.6 Å². The standard InChI is InChI=1S/C18H25ClN6O4S/c1-2-21-5-10-30(27,28)25-8-6-24(7-9-25)13-3-4-14(19)15(11-13)22-17(26)16-12-29-18(20)23-16/h3-4,11-12,21H,2,5-10H2,1H3,(H2,20,23)(H,22,26). The molecule has 0 aliphatic carbocycles. The highest BCUT2D eigenvalue weighted by Crippen LogP contribution is 2.29. The molecule has 1 aromatic carbocycles. The molecule has 1 saturated heterocycles. The predicted molar refractivity (Wildman–Crippen MR) is 116 cm³/mol. The number of nitrogens with zero attached hydrogens (tertiary/aromatic N) is 3. The van der Waals surface area contributed by atoms with Crippen molar-refractivity contribution in [3.05, 3.63) is 35.2 Å². The molecule has 3 rings (SSSR count). The zero-order valence-electron chi connectivity index (χ0n) is 16.6. The Balaban J connectivity index is 1.63. The molecule has 164 valence electrons. The molecule has 1 aromatic heterocycles. The summed E-state index contributed by atoms with van der Waals surface area (Å²) in [6, 6.07) is 5.17. The maximum absolute atomic E-state index is 12.4. The molecule has 0 saturated carbocycles. The van der Waals surface area contributed by atoms with E-state index in [1.54, 1.807) is 12.1 Å². The smallest absolute Gasteiger partial charge is 0.292 e. The van der Waals surface area contributed by atoms with Crippen LogP contribution < -0.4 is 21.3 Å². The number of hydrogen-bond donors (Lipinski definition) is 3. The van der Waals surface area contributed by atoms with E-state index in [2.05, 4.69) is 20.5 Å². The molecule has 4 N–H and O–H groups in total. The SMILES string of the molecule is CCNCCS(=O)(=O)N1CCN(c2ccc(Cl)c(NC(=O)c3coc(N)n3)c2)CC1. The number of anilines is 3. The summed E-state index contributed by atoms with van der Waals surface area (Å²) in [4.78, 5) is 18.1. The number of nitrogen functional groups attached to an aromatic ring is 1. The molecule has 0 radical (unpaired) electrons. The van der Waals surface area contributed by atoms with E-state index in [9.17, 15) is 13.2 Å². The molecule has 1 fully saturated rings. The van der Waals surface area contributed by atoms with Crippen LogP contribution in [0.4, 0.5) is 17.4 Å². The average Bonchev–Trinajstić information content (AvgIpc) is 3.16. The van der Waals surface area contributed by atoms with E-state index in [-0.39, 0.29) is 17.5 Å². The number of hydrogen-bond acceptors (Lipinski definition) is 8. The van der Waals surface area contributed by atoms with Crippen molar-refractivity contribution >= 4 is 44.9 Å². The van der Waals surface area contributed by atoms with Gasteiger partial charge in [-0.2, -0.15) is 9.29 Å². The van der Waals surface area contributed by atoms with Gasteiger partial charge in [-0.05, 0) is 24.7 Å². The third-order valence-electron chi connectivity index (χ3n) is 4.74. The Kier molecular flexibility index (Phi) is 7.19. The fraction of sp³-hybridized carbons (Fsp3) is 0.444. The number of piperazine rings is 1. The number of aromatic nitrogens is 1. The molecule has 0 bridgehead atoms. The van der Waals surface area contributed by atoms with Gasteiger partial charge >= 0.3 is 0 Å². The lowest BCUT2D eigenvalue weighted by atomic mass is 10.2. The average molecular weight is 457 g/mol. The summed E-state index contributed by atoms with van der Waals surface area (Å²) in [5.41, 5.74) is 6.69. The summed E-state index contributed by atoms with van der Waals surface area (Å²) in [6.45, 7) is 4.99. The number of halogens is 1. The van der Waals surface area contributed by atoms with Crippen molar-refractivity contribution in [2.75, 3.05) is 61.0 Å². The number of carbonyl (C=O) groups excluding carboxylic acids is 1. The fourth-order valence-electron chi connectivity index (χ4n) is 3.12. The third-order valence-corrected chi connectivity index (χ3v) is 6.94. The van der Waals surface area contributed by atoms with E-state index in [4.69, 9.17) is 21.8 Å². The summed E-state index contributed by atoms with van der Waals surface area (Å²) < 4.78 is 31.3. The lowest BCUT2D eigenvalue weighted by Crippen LogP contribution is -2.50. The first kappa shape index (κ1) is 22.3. The second-order valence-electron chi connectivity index (χ2n) is 6.74. The van der Waals surface area contributed by atoms with Crippen molar-refractivity contribution in [2.45, 2.75) is 6.92 Å². The van der Waals surface area contributed by atoms with Gasteiger partial charge in [-0.15, -0.1) is 0 Å². The van der Waals surface area contributed by atoms with E-state index < -0.39 is 15.9 Å². The Labute approximate surface area is 180 Å². The molecule has 0 unspecified atom stereocenters. The van der Waals surface area contributed by atoms with Gasteiger partial charge in [-0.1, -0.05) is 18.5 Å². The minimum absolute atomic E-state index is 0.0466. The molecule has 10 nitrogen and oxygen atoms in total. The first-order valence-electron chi connectivity index (χ1n) is 9.55. The van der Waals surface area contributed by atoms with Gasteiger partial charge in [-0.3, -0.25) is 4.79 Å². The minimum atomic E-state index is -3.28. The van der Waals surface area contributed by atoms with E-state index in [1.807, 2.05) is 13.0 Å². The summed E-state index contributed by atoms with van der Waals surface area (Å²) in [7, 11) is -3.28. The van der Waals surface area contributed by atoms with Crippen LogP contribution in [0.25, 0.3) is 0 Å². The minimum Gasteiger partial charge on any atom is -0.431 e. The number of nitrogens with one attached hydrogen (secondary N) is 2. The molecule has 12 heteroatoms. The van der Waals surface area contributed by atoms with E-state index in [1.165, 1.54) is 4.31 Å². The number of rotatable bonds is 8. The summed E-state index contributed by atoms with van der Waals surface area (Å²) in [5, 5.41) is 6.10. The number of sulfonamides is 1. The van der Waals surface area contributed by atoms with Crippen molar-refractivity contribution in [2.24, 2.45) is 0 Å². The van der Waals surface area contributed by atoms with Crippen molar-refractivity contribution in [3.8, 4) is 0 Å². The second-order valence-corrected chi connectivity index (χ2v) is 9.24. The molecule has 0 atom stereocenters. The number of carbonyl (C=O) groups is 1. The normalized spacial score (nSPS) is 15.3. The molecule has 1 amide bonds. The Morgan fingerprint density at radius 2 is 2.03 bits per heavy atom. The molecule has 2 aromatic rings. The number of nitrogens with two attached hydrogens (primary N) is 1. The molecular formula is C18H25ClN6O4S. The van der Waals surface area contributed by atoms with Gasteiger partial charge in [0.25, 0.3) is 11.9 Å². The van der Waals surface area contributed by atoms with Crippen molar-refractivity contribution < 1.29 is 17.6 Å². The number of benzene rings is 1. The quantitative estimate of drug-likeness (QED) is 0.505. The maximum Gasteiger partial charge on any atom is 0.292 e. The fourth-order valence-corrected chi connectivity index (χ4v) is 4.66. The summed E-state index contributed by atoms with van der Waals surface area (Å²) in [5.74, 6) is -0.407. The van der Waals surface area contributed by atoms with Crippen LogP contribution in [0.15, 0.2) is 28.9 Å². The van der Waals surface area contributed by atoms with Crippen LogP contribution in [0.3, 0.4) is 0 Å². The Morgan fingerprint density at radius 1 is 1.30 bits per heavy atom. The third kappa shape index (κ3) is 5.42. The highest BCUT2D eigenvalue weighted by molar-refractivity contribution is 7.89. The van der Waals surface area contributed by atoms with Gasteiger partial charge in [0.15, 0.2) is 5.69 Å².